The van der Waals surface area contributed by atoms with Gasteiger partial charge in [0.2, 0.25) is 5.91 Å². The largest absolute Gasteiger partial charge is 0.487 e. The molecular weight excluding hydrogens is 396 g/mol. The molecule has 3 aromatic rings. The highest BCUT2D eigenvalue weighted by atomic mass is 32.1. The van der Waals surface area contributed by atoms with Gasteiger partial charge in [0, 0.05) is 30.2 Å². The van der Waals surface area contributed by atoms with Crippen molar-refractivity contribution in [3.05, 3.63) is 87.9 Å². The maximum Gasteiger partial charge on any atom is 0.244 e. The van der Waals surface area contributed by atoms with Gasteiger partial charge in [0.05, 0.1) is 17.3 Å². The molecule has 0 atom stereocenters. The monoisotopic (exact) mass is 422 g/mol. The summed E-state index contributed by atoms with van der Waals surface area (Å²) in [6.07, 6.45) is 4.06. The molecular formula is C24H26N2O3S. The summed E-state index contributed by atoms with van der Waals surface area (Å²) in [6, 6.07) is 17.7. The molecule has 156 valence electrons. The van der Waals surface area contributed by atoms with E-state index in [2.05, 4.69) is 10.3 Å². The van der Waals surface area contributed by atoms with E-state index < -0.39 is 0 Å². The van der Waals surface area contributed by atoms with Gasteiger partial charge < -0.3 is 14.8 Å². The van der Waals surface area contributed by atoms with Gasteiger partial charge >= 0.3 is 0 Å². The summed E-state index contributed by atoms with van der Waals surface area (Å²) in [7, 11) is 0. The Balaban J connectivity index is 1.38. The highest BCUT2D eigenvalue weighted by molar-refractivity contribution is 7.09. The SMILES string of the molecule is Cc1nc(COc2ccccc2/C=C/C(=O)NCCCOCc2ccccc2)cs1. The van der Waals surface area contributed by atoms with E-state index in [-0.39, 0.29) is 5.91 Å². The highest BCUT2D eigenvalue weighted by Crippen LogP contribution is 2.21. The van der Waals surface area contributed by atoms with Crippen LogP contribution in [0.25, 0.3) is 6.08 Å². The molecule has 1 N–H and O–H groups in total. The van der Waals surface area contributed by atoms with Gasteiger partial charge in [0.25, 0.3) is 0 Å². The van der Waals surface area contributed by atoms with Crippen LogP contribution >= 0.6 is 11.3 Å². The molecule has 5 nitrogen and oxygen atoms in total. The summed E-state index contributed by atoms with van der Waals surface area (Å²) in [6.45, 7) is 4.14. The lowest BCUT2D eigenvalue weighted by atomic mass is 10.2. The third-order valence-electron chi connectivity index (χ3n) is 4.25. The van der Waals surface area contributed by atoms with E-state index in [1.807, 2.05) is 66.9 Å². The summed E-state index contributed by atoms with van der Waals surface area (Å²) >= 11 is 1.60. The van der Waals surface area contributed by atoms with E-state index in [1.54, 1.807) is 17.4 Å². The van der Waals surface area contributed by atoms with Crippen LogP contribution in [-0.2, 0) is 22.7 Å². The Morgan fingerprint density at radius 2 is 1.90 bits per heavy atom. The normalized spacial score (nSPS) is 11.0. The van der Waals surface area contributed by atoms with Crippen LogP contribution in [0, 0.1) is 6.92 Å². The van der Waals surface area contributed by atoms with Gasteiger partial charge in [-0.15, -0.1) is 11.3 Å². The standard InChI is InChI=1S/C24H26N2O3S/c1-19-26-22(18-30-19)17-29-23-11-6-5-10-21(23)12-13-24(27)25-14-7-15-28-16-20-8-3-2-4-9-20/h2-6,8-13,18H,7,14-17H2,1H3,(H,25,27)/b13-12+. The molecule has 2 aromatic carbocycles. The number of amides is 1. The number of aryl methyl sites for hydroxylation is 1. The van der Waals surface area contributed by atoms with Crippen LogP contribution in [0.15, 0.2) is 66.1 Å². The van der Waals surface area contributed by atoms with E-state index >= 15 is 0 Å². The van der Waals surface area contributed by atoms with E-state index in [0.717, 1.165) is 34.0 Å². The molecule has 30 heavy (non-hydrogen) atoms. The van der Waals surface area contributed by atoms with Gasteiger partial charge in [-0.25, -0.2) is 4.98 Å². The number of carbonyl (C=O) groups is 1. The molecule has 0 aliphatic heterocycles. The molecule has 1 amide bonds. The summed E-state index contributed by atoms with van der Waals surface area (Å²) in [5.41, 5.74) is 2.91. The Hall–Kier alpha value is -2.96. The average Bonchev–Trinajstić information content (AvgIpc) is 3.19. The number of aromatic nitrogens is 1. The maximum absolute atomic E-state index is 12.1. The predicted molar refractivity (Wildman–Crippen MR) is 120 cm³/mol. The molecule has 3 rings (SSSR count). The fourth-order valence-electron chi connectivity index (χ4n) is 2.75. The molecule has 0 spiro atoms. The minimum Gasteiger partial charge on any atom is -0.487 e. The van der Waals surface area contributed by atoms with Gasteiger partial charge in [-0.3, -0.25) is 4.79 Å². The quantitative estimate of drug-likeness (QED) is 0.357. The second-order valence-corrected chi connectivity index (χ2v) is 7.76. The topological polar surface area (TPSA) is 60.5 Å². The molecule has 0 radical (unpaired) electrons. The van der Waals surface area contributed by atoms with Gasteiger partial charge in [-0.1, -0.05) is 48.5 Å². The first kappa shape index (κ1) is 21.7. The van der Waals surface area contributed by atoms with Gasteiger partial charge in [-0.2, -0.15) is 0 Å². The average molecular weight is 423 g/mol. The van der Waals surface area contributed by atoms with Crippen LogP contribution in [0.4, 0.5) is 0 Å². The first-order chi connectivity index (χ1) is 14.7. The van der Waals surface area contributed by atoms with Gasteiger partial charge in [0.1, 0.15) is 12.4 Å². The number of nitrogens with zero attached hydrogens (tertiary/aromatic N) is 1. The fourth-order valence-corrected chi connectivity index (χ4v) is 3.35. The van der Waals surface area contributed by atoms with Crippen molar-refractivity contribution in [3.8, 4) is 5.75 Å². The molecule has 6 heteroatoms. The molecule has 0 unspecified atom stereocenters. The zero-order chi connectivity index (χ0) is 21.0. The van der Waals surface area contributed by atoms with Crippen molar-refractivity contribution < 1.29 is 14.3 Å². The van der Waals surface area contributed by atoms with Crippen LogP contribution in [0.3, 0.4) is 0 Å². The first-order valence-electron chi connectivity index (χ1n) is 9.91. The number of benzene rings is 2. The number of hydrogen-bond acceptors (Lipinski definition) is 5. The van der Waals surface area contributed by atoms with Crippen molar-refractivity contribution >= 4 is 23.3 Å². The smallest absolute Gasteiger partial charge is 0.244 e. The van der Waals surface area contributed by atoms with E-state index in [9.17, 15) is 4.79 Å². The van der Waals surface area contributed by atoms with Crippen molar-refractivity contribution in [2.24, 2.45) is 0 Å². The summed E-state index contributed by atoms with van der Waals surface area (Å²) in [4.78, 5) is 16.5. The van der Waals surface area contributed by atoms with E-state index in [1.165, 1.54) is 6.08 Å². The second-order valence-electron chi connectivity index (χ2n) is 6.70. The predicted octanol–water partition coefficient (Wildman–Crippen LogP) is 4.77. The van der Waals surface area contributed by atoms with Crippen LogP contribution in [0.5, 0.6) is 5.75 Å². The zero-order valence-electron chi connectivity index (χ0n) is 17.0. The lowest BCUT2D eigenvalue weighted by Crippen LogP contribution is -2.23. The minimum absolute atomic E-state index is 0.136. The third-order valence-corrected chi connectivity index (χ3v) is 5.07. The Labute approximate surface area is 181 Å². The van der Waals surface area contributed by atoms with Crippen molar-refractivity contribution in [1.82, 2.24) is 10.3 Å². The van der Waals surface area contributed by atoms with Crippen LogP contribution in [0.2, 0.25) is 0 Å². The molecule has 0 saturated carbocycles. The van der Waals surface area contributed by atoms with Crippen molar-refractivity contribution in [3.63, 3.8) is 0 Å². The van der Waals surface area contributed by atoms with Crippen molar-refractivity contribution in [2.45, 2.75) is 26.6 Å². The Bertz CT molecular complexity index is 954. The van der Waals surface area contributed by atoms with Gasteiger partial charge in [-0.05, 0) is 31.1 Å². The van der Waals surface area contributed by atoms with Crippen LogP contribution < -0.4 is 10.1 Å². The number of hydrogen-bond donors (Lipinski definition) is 1. The minimum atomic E-state index is -0.136. The number of thiazole rings is 1. The number of nitrogens with one attached hydrogen (secondary N) is 1. The number of carbonyl (C=O) groups excluding carboxylic acids is 1. The number of ether oxygens (including phenoxy) is 2. The van der Waals surface area contributed by atoms with Gasteiger partial charge in [0.15, 0.2) is 0 Å². The molecule has 0 aliphatic carbocycles. The lowest BCUT2D eigenvalue weighted by molar-refractivity contribution is -0.116. The molecule has 0 saturated heterocycles. The van der Waals surface area contributed by atoms with E-state index in [4.69, 9.17) is 9.47 Å². The second kappa shape index (κ2) is 11.9. The number of para-hydroxylation sites is 1. The maximum atomic E-state index is 12.1. The Kier molecular flexibility index (Phi) is 8.62. The first-order valence-corrected chi connectivity index (χ1v) is 10.8. The zero-order valence-corrected chi connectivity index (χ0v) is 17.9. The third kappa shape index (κ3) is 7.46. The van der Waals surface area contributed by atoms with Crippen LogP contribution in [0.1, 0.15) is 28.2 Å². The highest BCUT2D eigenvalue weighted by Gasteiger charge is 2.04. The summed E-state index contributed by atoms with van der Waals surface area (Å²) < 4.78 is 11.5. The fraction of sp³-hybridized carbons (Fsp3) is 0.250. The molecule has 0 bridgehead atoms. The Morgan fingerprint density at radius 1 is 1.10 bits per heavy atom. The Morgan fingerprint density at radius 3 is 2.70 bits per heavy atom. The molecule has 1 aromatic heterocycles. The molecule has 1 heterocycles. The number of rotatable bonds is 11. The van der Waals surface area contributed by atoms with Crippen molar-refractivity contribution in [2.75, 3.05) is 13.2 Å². The molecule has 0 aliphatic rings. The lowest BCUT2D eigenvalue weighted by Gasteiger charge is -2.08. The summed E-state index contributed by atoms with van der Waals surface area (Å²) in [5, 5.41) is 5.88. The van der Waals surface area contributed by atoms with Crippen LogP contribution in [-0.4, -0.2) is 24.0 Å². The van der Waals surface area contributed by atoms with E-state index in [0.29, 0.717) is 26.4 Å². The summed E-state index contributed by atoms with van der Waals surface area (Å²) in [5.74, 6) is 0.588. The van der Waals surface area contributed by atoms with Crippen molar-refractivity contribution in [1.29, 1.82) is 0 Å². The molecule has 0 fully saturated rings.